The minimum atomic E-state index is -3.60. The molecule has 3 rings (SSSR count). The molecule has 1 saturated heterocycles. The molecule has 0 saturated carbocycles. The number of likely N-dealkylation sites (tertiary alicyclic amines) is 1. The number of hydrogen-bond acceptors (Lipinski definition) is 5. The predicted octanol–water partition coefficient (Wildman–Crippen LogP) is 0.827. The van der Waals surface area contributed by atoms with Crippen molar-refractivity contribution in [1.29, 1.82) is 0 Å². The van der Waals surface area contributed by atoms with Crippen molar-refractivity contribution in [2.45, 2.75) is 37.1 Å². The summed E-state index contributed by atoms with van der Waals surface area (Å²) < 4.78 is 26.6. The monoisotopic (exact) mass is 379 g/mol. The van der Waals surface area contributed by atoms with Crippen molar-refractivity contribution in [2.75, 3.05) is 13.1 Å². The van der Waals surface area contributed by atoms with Gasteiger partial charge in [-0.15, -0.1) is 0 Å². The van der Waals surface area contributed by atoms with E-state index in [2.05, 4.69) is 9.71 Å². The minimum Gasteiger partial charge on any atom is -0.481 e. The molecule has 26 heavy (non-hydrogen) atoms. The lowest BCUT2D eigenvalue weighted by atomic mass is 9.97. The number of carboxylic acid groups (broad SMARTS) is 1. The fourth-order valence-corrected chi connectivity index (χ4v) is 4.49. The molecule has 1 aromatic carbocycles. The Labute approximate surface area is 152 Å². The lowest BCUT2D eigenvalue weighted by Gasteiger charge is -2.30. The molecule has 8 nitrogen and oxygen atoms in total. The molecule has 2 aliphatic rings. The van der Waals surface area contributed by atoms with Gasteiger partial charge in [0.25, 0.3) is 10.0 Å². The number of carboxylic acids is 1. The average molecular weight is 379 g/mol. The van der Waals surface area contributed by atoms with Gasteiger partial charge in [0.2, 0.25) is 5.91 Å². The number of rotatable bonds is 4. The van der Waals surface area contributed by atoms with E-state index in [1.165, 1.54) is 6.07 Å². The van der Waals surface area contributed by atoms with Crippen LogP contribution in [0, 0.1) is 5.92 Å². The first kappa shape index (κ1) is 18.4. The Hall–Kier alpha value is -2.42. The fourth-order valence-electron chi connectivity index (χ4n) is 3.25. The van der Waals surface area contributed by atoms with Crippen molar-refractivity contribution >= 4 is 27.7 Å². The van der Waals surface area contributed by atoms with E-state index in [-0.39, 0.29) is 29.0 Å². The average Bonchev–Trinajstić information content (AvgIpc) is 2.85. The summed E-state index contributed by atoms with van der Waals surface area (Å²) in [6.07, 6.45) is 1.05. The first-order chi connectivity index (χ1) is 12.3. The predicted molar refractivity (Wildman–Crippen MR) is 94.3 cm³/mol. The van der Waals surface area contributed by atoms with Crippen LogP contribution in [-0.4, -0.2) is 55.3 Å². The van der Waals surface area contributed by atoms with E-state index < -0.39 is 22.0 Å². The smallest absolute Gasteiger partial charge is 0.306 e. The zero-order valence-electron chi connectivity index (χ0n) is 14.4. The standard InChI is InChI=1S/C17H21N3O5S/c1-11(10-15(21)20-8-6-12(7-9-20)17(22)23)18-16-13-4-2-3-5-14(13)26(24,25)19-16/h2-5,11-12H,6-10H2,1H3,(H,18,19)(H,22,23). The van der Waals surface area contributed by atoms with Crippen molar-refractivity contribution in [1.82, 2.24) is 9.62 Å². The highest BCUT2D eigenvalue weighted by molar-refractivity contribution is 7.90. The number of fused-ring (bicyclic) bond motifs is 1. The number of amides is 1. The van der Waals surface area contributed by atoms with E-state index in [1.807, 2.05) is 0 Å². The maximum Gasteiger partial charge on any atom is 0.306 e. The molecular formula is C17H21N3O5S. The second-order valence-corrected chi connectivity index (χ2v) is 8.28. The molecule has 0 aromatic heterocycles. The van der Waals surface area contributed by atoms with Crippen molar-refractivity contribution in [3.8, 4) is 0 Å². The van der Waals surface area contributed by atoms with Crippen molar-refractivity contribution in [3.05, 3.63) is 29.8 Å². The number of carbonyl (C=O) groups is 2. The summed E-state index contributed by atoms with van der Waals surface area (Å²) >= 11 is 0. The zero-order valence-corrected chi connectivity index (χ0v) is 15.2. The minimum absolute atomic E-state index is 0.0974. The van der Waals surface area contributed by atoms with Gasteiger partial charge in [0.15, 0.2) is 0 Å². The Morgan fingerprint density at radius 2 is 1.96 bits per heavy atom. The van der Waals surface area contributed by atoms with Crippen LogP contribution < -0.4 is 4.72 Å². The lowest BCUT2D eigenvalue weighted by molar-refractivity contribution is -0.145. The summed E-state index contributed by atoms with van der Waals surface area (Å²) in [4.78, 5) is 29.6. The lowest BCUT2D eigenvalue weighted by Crippen LogP contribution is -2.41. The third-order valence-corrected chi connectivity index (χ3v) is 6.08. The second kappa shape index (κ2) is 7.06. The molecule has 0 spiro atoms. The highest BCUT2D eigenvalue weighted by Gasteiger charge is 2.31. The van der Waals surface area contributed by atoms with Crippen LogP contribution in [0.15, 0.2) is 34.2 Å². The van der Waals surface area contributed by atoms with Gasteiger partial charge in [-0.05, 0) is 31.9 Å². The number of carbonyl (C=O) groups excluding carboxylic acids is 1. The van der Waals surface area contributed by atoms with Gasteiger partial charge in [-0.2, -0.15) is 0 Å². The van der Waals surface area contributed by atoms with Gasteiger partial charge in [-0.3, -0.25) is 19.3 Å². The van der Waals surface area contributed by atoms with Gasteiger partial charge in [0.1, 0.15) is 5.84 Å². The topological polar surface area (TPSA) is 116 Å². The van der Waals surface area contributed by atoms with Gasteiger partial charge in [-0.25, -0.2) is 8.42 Å². The normalized spacial score (nSPS) is 21.9. The highest BCUT2D eigenvalue weighted by Crippen LogP contribution is 2.23. The van der Waals surface area contributed by atoms with Crippen molar-refractivity contribution < 1.29 is 23.1 Å². The molecule has 0 radical (unpaired) electrons. The molecule has 1 aromatic rings. The number of hydrogen-bond donors (Lipinski definition) is 2. The summed E-state index contributed by atoms with van der Waals surface area (Å²) in [5.74, 6) is -1.05. The molecule has 2 heterocycles. The number of sulfonamides is 1. The zero-order chi connectivity index (χ0) is 18.9. The maximum absolute atomic E-state index is 12.4. The Kier molecular flexibility index (Phi) is 4.99. The number of benzene rings is 1. The van der Waals surface area contributed by atoms with E-state index in [9.17, 15) is 18.0 Å². The maximum atomic E-state index is 12.4. The number of nitrogens with one attached hydrogen (secondary N) is 1. The summed E-state index contributed by atoms with van der Waals surface area (Å²) in [7, 11) is -3.60. The van der Waals surface area contributed by atoms with Crippen molar-refractivity contribution in [2.24, 2.45) is 10.9 Å². The molecule has 2 N–H and O–H groups in total. The van der Waals surface area contributed by atoms with Gasteiger partial charge in [0, 0.05) is 25.1 Å². The van der Waals surface area contributed by atoms with E-state index >= 15 is 0 Å². The molecule has 0 bridgehead atoms. The number of amidine groups is 1. The van der Waals surface area contributed by atoms with Gasteiger partial charge < -0.3 is 10.0 Å². The van der Waals surface area contributed by atoms with Crippen LogP contribution in [0.25, 0.3) is 0 Å². The molecule has 1 atom stereocenters. The Morgan fingerprint density at radius 3 is 2.62 bits per heavy atom. The van der Waals surface area contributed by atoms with Crippen LogP contribution in [0.2, 0.25) is 0 Å². The molecule has 1 fully saturated rings. The van der Waals surface area contributed by atoms with Crippen LogP contribution in [0.5, 0.6) is 0 Å². The SMILES string of the molecule is CC(CC(=O)N1CCC(C(=O)O)CC1)N=C1NS(=O)(=O)c2ccccc21. The Balaban J connectivity index is 1.64. The molecule has 9 heteroatoms. The van der Waals surface area contributed by atoms with Crippen LogP contribution in [0.3, 0.4) is 0 Å². The van der Waals surface area contributed by atoms with E-state index in [4.69, 9.17) is 5.11 Å². The third kappa shape index (κ3) is 3.72. The largest absolute Gasteiger partial charge is 0.481 e. The van der Waals surface area contributed by atoms with Crippen LogP contribution >= 0.6 is 0 Å². The van der Waals surface area contributed by atoms with E-state index in [1.54, 1.807) is 30.0 Å². The first-order valence-corrected chi connectivity index (χ1v) is 9.97. The summed E-state index contributed by atoms with van der Waals surface area (Å²) in [5, 5.41) is 9.01. The summed E-state index contributed by atoms with van der Waals surface area (Å²) in [6, 6.07) is 6.18. The van der Waals surface area contributed by atoms with E-state index in [0.717, 1.165) is 0 Å². The molecule has 0 aliphatic carbocycles. The number of nitrogens with zero attached hydrogens (tertiary/aromatic N) is 2. The number of aliphatic imine (C=N–C) groups is 1. The quantitative estimate of drug-likeness (QED) is 0.804. The fraction of sp³-hybridized carbons (Fsp3) is 0.471. The van der Waals surface area contributed by atoms with Crippen molar-refractivity contribution in [3.63, 3.8) is 0 Å². The van der Waals surface area contributed by atoms with E-state index in [0.29, 0.717) is 31.5 Å². The van der Waals surface area contributed by atoms with Crippen LogP contribution in [-0.2, 0) is 19.6 Å². The van der Waals surface area contributed by atoms with Gasteiger partial charge in [0.05, 0.1) is 16.9 Å². The Bertz CT molecular complexity index is 857. The van der Waals surface area contributed by atoms with Gasteiger partial charge >= 0.3 is 5.97 Å². The molecular weight excluding hydrogens is 358 g/mol. The summed E-state index contributed by atoms with van der Waals surface area (Å²) in [5.41, 5.74) is 0.508. The first-order valence-electron chi connectivity index (χ1n) is 8.48. The third-order valence-electron chi connectivity index (χ3n) is 4.68. The number of aliphatic carboxylic acids is 1. The summed E-state index contributed by atoms with van der Waals surface area (Å²) in [6.45, 7) is 2.60. The molecule has 1 amide bonds. The number of piperidine rings is 1. The second-order valence-electron chi connectivity index (χ2n) is 6.63. The Morgan fingerprint density at radius 1 is 1.31 bits per heavy atom. The highest BCUT2D eigenvalue weighted by atomic mass is 32.2. The molecule has 2 aliphatic heterocycles. The molecule has 1 unspecified atom stereocenters. The van der Waals surface area contributed by atoms with Gasteiger partial charge in [-0.1, -0.05) is 12.1 Å². The van der Waals surface area contributed by atoms with Crippen LogP contribution in [0.1, 0.15) is 31.7 Å². The van der Waals surface area contributed by atoms with Crippen LogP contribution in [0.4, 0.5) is 0 Å². The molecule has 140 valence electrons.